The highest BCUT2D eigenvalue weighted by molar-refractivity contribution is 5.83. The molecular formula is C92H148O18. The third kappa shape index (κ3) is 17.4. The molecular weight excluding hydrogens is 1390 g/mol. The van der Waals surface area contributed by atoms with Crippen LogP contribution in [0.2, 0.25) is 0 Å². The number of carbonyl (C=O) groups is 8. The van der Waals surface area contributed by atoms with Gasteiger partial charge in [-0.1, -0.05) is 55.4 Å². The molecule has 0 aromatic heterocycles. The monoisotopic (exact) mass is 1540 g/mol. The highest BCUT2D eigenvalue weighted by atomic mass is 16.6. The van der Waals surface area contributed by atoms with E-state index in [2.05, 4.69) is 27.7 Å². The second kappa shape index (κ2) is 31.9. The van der Waals surface area contributed by atoms with E-state index in [-0.39, 0.29) is 94.2 Å². The van der Waals surface area contributed by atoms with E-state index in [9.17, 15) is 48.6 Å². The molecule has 110 heavy (non-hydrogen) atoms. The normalized spacial score (nSPS) is 40.4. The van der Waals surface area contributed by atoms with Gasteiger partial charge in [0.05, 0.1) is 56.7 Å². The van der Waals surface area contributed by atoms with Gasteiger partial charge in [-0.05, 0) is 346 Å². The van der Waals surface area contributed by atoms with E-state index in [1.54, 1.807) is 13.8 Å². The van der Waals surface area contributed by atoms with Crippen LogP contribution in [0.1, 0.15) is 344 Å². The Balaban J connectivity index is 0.000000132. The van der Waals surface area contributed by atoms with Gasteiger partial charge in [-0.3, -0.25) is 33.6 Å². The zero-order valence-electron chi connectivity index (χ0n) is 71.9. The van der Waals surface area contributed by atoms with Crippen molar-refractivity contribution in [2.45, 2.75) is 390 Å². The largest absolute Gasteiger partial charge is 0.463 e. The van der Waals surface area contributed by atoms with Crippen LogP contribution in [-0.4, -0.2) is 117 Å². The fourth-order valence-corrected chi connectivity index (χ4v) is 25.0. The molecule has 0 amide bonds. The molecule has 18 fully saturated rings. The molecule has 20 unspecified atom stereocenters. The Kier molecular flexibility index (Phi) is 25.1. The molecule has 16 saturated carbocycles. The molecule has 0 aromatic carbocycles. The van der Waals surface area contributed by atoms with Gasteiger partial charge in [0, 0.05) is 31.1 Å². The summed E-state index contributed by atoms with van der Waals surface area (Å²) in [6, 6.07) is 0. The van der Waals surface area contributed by atoms with Crippen LogP contribution < -0.4 is 0 Å². The van der Waals surface area contributed by atoms with Crippen molar-refractivity contribution in [2.24, 2.45) is 127 Å². The van der Waals surface area contributed by atoms with Crippen molar-refractivity contribution in [3.63, 3.8) is 0 Å². The topological polar surface area (TPSA) is 251 Å². The van der Waals surface area contributed by atoms with E-state index < -0.39 is 44.9 Å². The Morgan fingerprint density at radius 2 is 0.709 bits per heavy atom. The molecule has 18 nitrogen and oxygen atoms in total. The molecule has 18 rings (SSSR count). The Hall–Kier alpha value is -4.32. The van der Waals surface area contributed by atoms with Crippen LogP contribution in [0.3, 0.4) is 0 Å². The number of rotatable bonds is 20. The first-order valence-corrected chi connectivity index (χ1v) is 44.4. The molecule has 20 atom stereocenters. The maximum Gasteiger partial charge on any atom is 0.347 e. The number of aliphatic hydroxyl groups is 2. The fourth-order valence-electron chi connectivity index (χ4n) is 25.0. The average molecular weight is 1540 g/mol. The minimum absolute atomic E-state index is 0.0455. The Bertz CT molecular complexity index is 3160. The number of fused-ring (bicyclic) bond motifs is 18. The Labute approximate surface area is 661 Å². The molecule has 2 N–H and O–H groups in total. The van der Waals surface area contributed by atoms with Gasteiger partial charge in [-0.2, -0.15) is 0 Å². The van der Waals surface area contributed by atoms with Crippen molar-refractivity contribution in [3.05, 3.63) is 0 Å². The van der Waals surface area contributed by atoms with Crippen LogP contribution in [0.25, 0.3) is 0 Å². The van der Waals surface area contributed by atoms with Gasteiger partial charge >= 0.3 is 47.8 Å². The summed E-state index contributed by atoms with van der Waals surface area (Å²) in [5.41, 5.74) is -4.57. The fraction of sp³-hybridized carbons (Fsp3) is 0.913. The van der Waals surface area contributed by atoms with Crippen LogP contribution in [0, 0.1) is 127 Å². The Morgan fingerprint density at radius 1 is 0.382 bits per heavy atom. The van der Waals surface area contributed by atoms with Crippen LogP contribution in [-0.2, 0) is 76.3 Å². The average Bonchev–Trinajstić information content (AvgIpc) is 1.52. The number of cyclic esters (lactones) is 2. The second-order valence-corrected chi connectivity index (χ2v) is 42.9. The maximum absolute atomic E-state index is 12.7. The van der Waals surface area contributed by atoms with Gasteiger partial charge in [0.2, 0.25) is 6.10 Å². The van der Waals surface area contributed by atoms with E-state index >= 15 is 0 Å². The standard InChI is InChI=1S/2C20H32O2.2C16H26O3.2C10H16O4/c2*1-5-19(3,4)18(21)22-20(6-2)11-14-10-15(20)17-13-8-7-12(9-13)16(14)17;2*1-4-14(2,3)13(17)19-16-8-11-5-12(9-16)7-15(18,6-11)10-16;1-4-10(2,3)9(12)14-7-5-8(11)13-6-7;1-4-10(2,3)9(12)14-7-5-6-13-8(7)11/h2*12-17H,5-11H2,1-4H3;2*11-12,18H,4-10H2,1-3H3;2*7H,4-6H2,1-3H3. The van der Waals surface area contributed by atoms with Crippen molar-refractivity contribution in [1.29, 1.82) is 0 Å². The molecule has 18 aliphatic rings. The van der Waals surface area contributed by atoms with E-state index in [0.29, 0.717) is 74.2 Å². The van der Waals surface area contributed by atoms with Gasteiger partial charge in [-0.15, -0.1) is 0 Å². The zero-order chi connectivity index (χ0) is 80.7. The first-order chi connectivity index (χ1) is 51.3. The third-order valence-electron chi connectivity index (χ3n) is 33.0. The summed E-state index contributed by atoms with van der Waals surface area (Å²) in [4.78, 5) is 95.1. The highest BCUT2D eigenvalue weighted by Gasteiger charge is 2.70. The van der Waals surface area contributed by atoms with E-state index in [4.69, 9.17) is 37.9 Å². The summed E-state index contributed by atoms with van der Waals surface area (Å²) in [5, 5.41) is 21.3. The van der Waals surface area contributed by atoms with Gasteiger partial charge in [0.25, 0.3) is 0 Å². The summed E-state index contributed by atoms with van der Waals surface area (Å²) in [5.74, 6) is 11.6. The molecule has 16 bridgehead atoms. The molecule has 18 heteroatoms. The number of hydrogen-bond donors (Lipinski definition) is 2. The van der Waals surface area contributed by atoms with Crippen molar-refractivity contribution in [3.8, 4) is 0 Å². The number of ether oxygens (including phenoxy) is 8. The van der Waals surface area contributed by atoms with Crippen molar-refractivity contribution in [2.75, 3.05) is 13.2 Å². The molecule has 0 spiro atoms. The van der Waals surface area contributed by atoms with Crippen LogP contribution >= 0.6 is 0 Å². The molecule has 2 heterocycles. The Morgan fingerprint density at radius 3 is 1.01 bits per heavy atom. The molecule has 2 aliphatic heterocycles. The van der Waals surface area contributed by atoms with Gasteiger partial charge < -0.3 is 48.1 Å². The summed E-state index contributed by atoms with van der Waals surface area (Å²) < 4.78 is 44.2. The molecule has 0 aromatic rings. The summed E-state index contributed by atoms with van der Waals surface area (Å²) in [6.45, 7) is 40.3. The summed E-state index contributed by atoms with van der Waals surface area (Å²) in [6.07, 6.45) is 31.5. The molecule has 624 valence electrons. The van der Waals surface area contributed by atoms with E-state index in [1.807, 2.05) is 96.9 Å². The SMILES string of the molecule is CCC(C)(C)C(=O)OC1(CC)CC2CC1C1C3CCC(C3)C21.CCC(C)(C)C(=O)OC1(CC)CC2CC1C1C3CCC(C3)C21.CCC(C)(C)C(=O)OC12CC3CC(CC(O)(C3)C1)C2.CCC(C)(C)C(=O)OC12CC3CC(CC(O)(C3)C1)C2.CCC(C)(C)C(=O)OC1CCOC1=O.CCC(C)(C)C(=O)OC1COC(=O)C1. The maximum atomic E-state index is 12.7. The van der Waals surface area contributed by atoms with Gasteiger partial charge in [0.1, 0.15) is 35.1 Å². The van der Waals surface area contributed by atoms with Crippen molar-refractivity contribution in [1.82, 2.24) is 0 Å². The quantitative estimate of drug-likeness (QED) is 0.0653. The van der Waals surface area contributed by atoms with Crippen LogP contribution in [0.15, 0.2) is 0 Å². The van der Waals surface area contributed by atoms with Gasteiger partial charge in [-0.25, -0.2) is 4.79 Å². The molecule has 0 radical (unpaired) electrons. The third-order valence-corrected chi connectivity index (χ3v) is 33.0. The first-order valence-electron chi connectivity index (χ1n) is 44.4. The number of esters is 8. The second-order valence-electron chi connectivity index (χ2n) is 42.9. The lowest BCUT2D eigenvalue weighted by molar-refractivity contribution is -0.226. The number of carbonyl (C=O) groups excluding carboxylic acids is 8. The zero-order valence-corrected chi connectivity index (χ0v) is 71.9. The predicted octanol–water partition coefficient (Wildman–Crippen LogP) is 18.3. The first kappa shape index (κ1) is 86.5. The van der Waals surface area contributed by atoms with Crippen LogP contribution in [0.4, 0.5) is 0 Å². The highest BCUT2D eigenvalue weighted by Crippen LogP contribution is 2.73. The predicted molar refractivity (Wildman–Crippen MR) is 419 cm³/mol. The number of hydrogen-bond acceptors (Lipinski definition) is 18. The minimum Gasteiger partial charge on any atom is -0.463 e. The van der Waals surface area contributed by atoms with Crippen LogP contribution in [0.5, 0.6) is 0 Å². The lowest BCUT2D eigenvalue weighted by atomic mass is 9.52. The summed E-state index contributed by atoms with van der Waals surface area (Å²) >= 11 is 0. The van der Waals surface area contributed by atoms with E-state index in [0.717, 1.165) is 162 Å². The molecule has 2 saturated heterocycles. The molecule has 16 aliphatic carbocycles. The van der Waals surface area contributed by atoms with Crippen molar-refractivity contribution < 1.29 is 86.5 Å². The lowest BCUT2D eigenvalue weighted by Crippen LogP contribution is -2.61. The van der Waals surface area contributed by atoms with E-state index in [1.165, 1.54) is 64.2 Å². The van der Waals surface area contributed by atoms with Gasteiger partial charge in [0.15, 0.2) is 0 Å². The van der Waals surface area contributed by atoms with Crippen molar-refractivity contribution >= 4 is 47.8 Å². The summed E-state index contributed by atoms with van der Waals surface area (Å²) in [7, 11) is 0. The minimum atomic E-state index is -0.687. The smallest absolute Gasteiger partial charge is 0.347 e. The lowest BCUT2D eigenvalue weighted by Gasteiger charge is -2.59.